The van der Waals surface area contributed by atoms with Gasteiger partial charge in [-0.2, -0.15) is 4.68 Å². The fourth-order valence-electron chi connectivity index (χ4n) is 1.44. The van der Waals surface area contributed by atoms with Crippen LogP contribution in [0.2, 0.25) is 0 Å². The molecule has 0 aliphatic heterocycles. The van der Waals surface area contributed by atoms with Crippen molar-refractivity contribution < 1.29 is 9.26 Å². The van der Waals surface area contributed by atoms with Crippen LogP contribution in [-0.4, -0.2) is 31.2 Å². The van der Waals surface area contributed by atoms with Gasteiger partial charge in [0.1, 0.15) is 6.61 Å². The number of allylic oxidation sites excluding steroid dienone is 1. The van der Waals surface area contributed by atoms with Crippen molar-refractivity contribution in [2.24, 2.45) is 12.8 Å². The summed E-state index contributed by atoms with van der Waals surface area (Å²) in [6, 6.07) is 0. The highest BCUT2D eigenvalue weighted by Gasteiger charge is 2.20. The number of rotatable bonds is 5. The molecule has 0 fully saturated rings. The lowest BCUT2D eigenvalue weighted by atomic mass is 10.2. The normalized spacial score (nSPS) is 11.1. The number of hydrogen-bond donors (Lipinski definition) is 2. The van der Waals surface area contributed by atoms with Crippen molar-refractivity contribution in [3.05, 3.63) is 33.8 Å². The van der Waals surface area contributed by atoms with Crippen molar-refractivity contribution in [2.75, 3.05) is 0 Å². The zero-order valence-electron chi connectivity index (χ0n) is 11.0. The van der Waals surface area contributed by atoms with Crippen LogP contribution in [0, 0.1) is 17.8 Å². The Hall–Kier alpha value is -3.35. The fraction of sp³-hybridized carbons (Fsp3) is 0.182. The number of aryl methyl sites for hydroxylation is 1. The first kappa shape index (κ1) is 14.1. The minimum Gasteiger partial charge on any atom is -0.474 e. The number of terminal acetylenes is 1. The molecule has 10 nitrogen and oxygen atoms in total. The Morgan fingerprint density at radius 3 is 2.95 bits per heavy atom. The molecule has 0 bridgehead atoms. The molecule has 3 N–H and O–H groups in total. The Labute approximate surface area is 118 Å². The van der Waals surface area contributed by atoms with Gasteiger partial charge >= 0.3 is 5.69 Å². The molecule has 21 heavy (non-hydrogen) atoms. The molecule has 0 atom stereocenters. The number of nitrogens with one attached hydrogen (secondary N) is 1. The predicted octanol–water partition coefficient (Wildman–Crippen LogP) is -1.10. The standard InChI is InChI=1S/C11H11N7O3/c1-3-8-7(6-20-9(13)4-5-12)10(14-21-8)18-11(19)17(2)15-16-18/h1,4-5,12H,6,13H2,2H3. The van der Waals surface area contributed by atoms with Gasteiger partial charge in [-0.1, -0.05) is 5.16 Å². The van der Waals surface area contributed by atoms with Gasteiger partial charge in [-0.05, 0) is 16.3 Å². The van der Waals surface area contributed by atoms with E-state index in [4.69, 9.17) is 26.8 Å². The number of hydrogen-bond acceptors (Lipinski definition) is 8. The third kappa shape index (κ3) is 2.66. The van der Waals surface area contributed by atoms with E-state index >= 15 is 0 Å². The third-order valence-corrected chi connectivity index (χ3v) is 2.45. The second kappa shape index (κ2) is 5.74. The lowest BCUT2D eigenvalue weighted by Crippen LogP contribution is -2.23. The highest BCUT2D eigenvalue weighted by atomic mass is 16.5. The van der Waals surface area contributed by atoms with Gasteiger partial charge in [0.2, 0.25) is 11.6 Å². The monoisotopic (exact) mass is 289 g/mol. The van der Waals surface area contributed by atoms with Crippen LogP contribution in [0.15, 0.2) is 21.3 Å². The van der Waals surface area contributed by atoms with Gasteiger partial charge in [-0.15, -0.1) is 11.1 Å². The lowest BCUT2D eigenvalue weighted by Gasteiger charge is -2.04. The summed E-state index contributed by atoms with van der Waals surface area (Å²) in [7, 11) is 1.44. The van der Waals surface area contributed by atoms with Crippen LogP contribution in [0.4, 0.5) is 0 Å². The van der Waals surface area contributed by atoms with Gasteiger partial charge in [0.05, 0.1) is 5.56 Å². The van der Waals surface area contributed by atoms with Gasteiger partial charge in [-0.3, -0.25) is 0 Å². The Morgan fingerprint density at radius 1 is 1.62 bits per heavy atom. The Bertz CT molecular complexity index is 790. The molecule has 0 aromatic carbocycles. The number of aromatic nitrogens is 5. The molecule has 0 saturated heterocycles. The average Bonchev–Trinajstić information content (AvgIpc) is 3.01. The molecule has 10 heteroatoms. The molecule has 0 spiro atoms. The van der Waals surface area contributed by atoms with Crippen LogP contribution in [0.3, 0.4) is 0 Å². The van der Waals surface area contributed by atoms with Crippen molar-refractivity contribution in [3.63, 3.8) is 0 Å². The van der Waals surface area contributed by atoms with Crippen molar-refractivity contribution in [3.8, 4) is 18.2 Å². The van der Waals surface area contributed by atoms with Crippen LogP contribution < -0.4 is 11.4 Å². The fourth-order valence-corrected chi connectivity index (χ4v) is 1.44. The Kier molecular flexibility index (Phi) is 3.85. The van der Waals surface area contributed by atoms with Gasteiger partial charge in [0, 0.05) is 19.3 Å². The molecule has 0 saturated carbocycles. The van der Waals surface area contributed by atoms with Crippen molar-refractivity contribution >= 4 is 6.21 Å². The number of tetrazole rings is 1. The maximum Gasteiger partial charge on any atom is 0.369 e. The van der Waals surface area contributed by atoms with Crippen LogP contribution in [0.1, 0.15) is 11.3 Å². The van der Waals surface area contributed by atoms with E-state index in [2.05, 4.69) is 21.5 Å². The summed E-state index contributed by atoms with van der Waals surface area (Å²) in [4.78, 5) is 11.8. The van der Waals surface area contributed by atoms with Crippen LogP contribution >= 0.6 is 0 Å². The summed E-state index contributed by atoms with van der Waals surface area (Å²) in [5.41, 5.74) is 5.30. The van der Waals surface area contributed by atoms with E-state index in [0.29, 0.717) is 5.56 Å². The molecule has 0 amide bonds. The summed E-state index contributed by atoms with van der Waals surface area (Å²) < 4.78 is 12.1. The molecular formula is C11H11N7O3. The lowest BCUT2D eigenvalue weighted by molar-refractivity contribution is 0.195. The minimum atomic E-state index is -0.517. The SMILES string of the molecule is C#Cc1onc(-n2nnn(C)c2=O)c1COC(N)=CC=N. The minimum absolute atomic E-state index is 0.00612. The zero-order valence-corrected chi connectivity index (χ0v) is 11.0. The number of nitrogens with zero attached hydrogens (tertiary/aromatic N) is 5. The van der Waals surface area contributed by atoms with E-state index in [1.165, 1.54) is 13.1 Å². The molecule has 2 heterocycles. The second-order valence-electron chi connectivity index (χ2n) is 3.78. The van der Waals surface area contributed by atoms with E-state index in [9.17, 15) is 4.79 Å². The van der Waals surface area contributed by atoms with Crippen molar-refractivity contribution in [2.45, 2.75) is 6.61 Å². The number of ether oxygens (including phenoxy) is 1. The third-order valence-electron chi connectivity index (χ3n) is 2.45. The second-order valence-corrected chi connectivity index (χ2v) is 3.78. The van der Waals surface area contributed by atoms with Crippen molar-refractivity contribution in [1.82, 2.24) is 24.9 Å². The molecule has 0 aliphatic carbocycles. The summed E-state index contributed by atoms with van der Waals surface area (Å²) in [6.45, 7) is -0.0996. The van der Waals surface area contributed by atoms with Crippen molar-refractivity contribution in [1.29, 1.82) is 5.41 Å². The molecule has 0 aliphatic rings. The molecule has 108 valence electrons. The Balaban J connectivity index is 2.40. The highest BCUT2D eigenvalue weighted by Crippen LogP contribution is 2.17. The number of nitrogens with two attached hydrogens (primary N) is 1. The summed E-state index contributed by atoms with van der Waals surface area (Å²) in [6.07, 6.45) is 7.52. The molecule has 2 aromatic heterocycles. The smallest absolute Gasteiger partial charge is 0.369 e. The van der Waals surface area contributed by atoms with E-state index in [1.54, 1.807) is 0 Å². The first-order valence-electron chi connectivity index (χ1n) is 5.62. The van der Waals surface area contributed by atoms with Crippen LogP contribution in [-0.2, 0) is 18.4 Å². The summed E-state index contributed by atoms with van der Waals surface area (Å²) in [5.74, 6) is 2.45. The van der Waals surface area contributed by atoms with E-state index in [1.807, 2.05) is 0 Å². The maximum absolute atomic E-state index is 11.8. The molecule has 2 aromatic rings. The summed E-state index contributed by atoms with van der Waals surface area (Å²) in [5, 5.41) is 17.8. The zero-order chi connectivity index (χ0) is 15.4. The average molecular weight is 289 g/mol. The molecule has 0 unspecified atom stereocenters. The molecule has 2 rings (SSSR count). The van der Waals surface area contributed by atoms with Gasteiger partial charge in [0.15, 0.2) is 5.88 Å². The quantitative estimate of drug-likeness (QED) is 0.405. The maximum atomic E-state index is 11.8. The largest absolute Gasteiger partial charge is 0.474 e. The molecular weight excluding hydrogens is 278 g/mol. The van der Waals surface area contributed by atoms with Crippen LogP contribution in [0.25, 0.3) is 5.82 Å². The first-order valence-corrected chi connectivity index (χ1v) is 5.62. The summed E-state index contributed by atoms with van der Waals surface area (Å²) >= 11 is 0. The van der Waals surface area contributed by atoms with Gasteiger partial charge < -0.3 is 20.4 Å². The first-order chi connectivity index (χ1) is 10.1. The van der Waals surface area contributed by atoms with E-state index < -0.39 is 5.69 Å². The Morgan fingerprint density at radius 2 is 2.38 bits per heavy atom. The predicted molar refractivity (Wildman–Crippen MR) is 70.4 cm³/mol. The highest BCUT2D eigenvalue weighted by molar-refractivity contribution is 5.68. The van der Waals surface area contributed by atoms with Crippen LogP contribution in [0.5, 0.6) is 0 Å². The van der Waals surface area contributed by atoms with E-state index in [0.717, 1.165) is 15.6 Å². The topological polar surface area (TPSA) is 138 Å². The van der Waals surface area contributed by atoms with Gasteiger partial charge in [0.25, 0.3) is 0 Å². The molecule has 0 radical (unpaired) electrons. The van der Waals surface area contributed by atoms with Gasteiger partial charge in [-0.25, -0.2) is 4.79 Å². The van der Waals surface area contributed by atoms with E-state index in [-0.39, 0.29) is 24.1 Å².